The third-order valence-corrected chi connectivity index (χ3v) is 3.56. The molecule has 0 aromatic carbocycles. The zero-order valence-corrected chi connectivity index (χ0v) is 11.6. The van der Waals surface area contributed by atoms with Crippen LogP contribution >= 0.6 is 0 Å². The van der Waals surface area contributed by atoms with Crippen LogP contribution in [0.15, 0.2) is 12.7 Å². The molecule has 0 aliphatic carbocycles. The minimum absolute atomic E-state index is 0.0312. The van der Waals surface area contributed by atoms with Crippen LogP contribution in [0.5, 0.6) is 0 Å². The number of anilines is 1. The number of hydrogen-bond acceptors (Lipinski definition) is 9. The van der Waals surface area contributed by atoms with Crippen LogP contribution in [0.1, 0.15) is 6.23 Å². The molecule has 1 saturated heterocycles. The summed E-state index contributed by atoms with van der Waals surface area (Å²) >= 11 is 0. The van der Waals surface area contributed by atoms with Crippen molar-refractivity contribution < 1.29 is 24.8 Å². The molecule has 3 rings (SSSR count). The van der Waals surface area contributed by atoms with E-state index in [0.717, 1.165) is 0 Å². The lowest BCUT2D eigenvalue weighted by atomic mass is 10.1. The molecule has 1 aliphatic heterocycles. The summed E-state index contributed by atoms with van der Waals surface area (Å²) in [6.45, 7) is -0.524. The summed E-state index contributed by atoms with van der Waals surface area (Å²) in [6.07, 6.45) is -0.615. The lowest BCUT2D eigenvalue weighted by molar-refractivity contribution is -0.0761. The van der Waals surface area contributed by atoms with Crippen molar-refractivity contribution in [1.29, 1.82) is 0 Å². The second-order valence-electron chi connectivity index (χ2n) is 4.88. The molecule has 0 saturated carbocycles. The molecule has 4 atom stereocenters. The van der Waals surface area contributed by atoms with E-state index in [2.05, 4.69) is 15.0 Å². The predicted octanol–water partition coefficient (Wildman–Crippen LogP) is -1.96. The predicted molar refractivity (Wildman–Crippen MR) is 73.6 cm³/mol. The summed E-state index contributed by atoms with van der Waals surface area (Å²) in [5.74, 6) is 0.230. The highest BCUT2D eigenvalue weighted by molar-refractivity contribution is 5.81. The van der Waals surface area contributed by atoms with Gasteiger partial charge in [-0.2, -0.15) is 0 Å². The highest BCUT2D eigenvalue weighted by Crippen LogP contribution is 2.33. The molecule has 2 aromatic heterocycles. The van der Waals surface area contributed by atoms with Gasteiger partial charge in [-0.1, -0.05) is 0 Å². The van der Waals surface area contributed by atoms with Crippen molar-refractivity contribution in [2.24, 2.45) is 0 Å². The third kappa shape index (κ3) is 2.40. The maximum atomic E-state index is 10.2. The number of aliphatic hydroxyl groups is 3. The summed E-state index contributed by atoms with van der Waals surface area (Å²) in [5, 5.41) is 28.4. The Bertz CT molecular complexity index is 650. The molecule has 0 spiro atoms. The second-order valence-corrected chi connectivity index (χ2v) is 4.88. The van der Waals surface area contributed by atoms with Crippen LogP contribution in [0.3, 0.4) is 0 Å². The van der Waals surface area contributed by atoms with E-state index in [0.29, 0.717) is 11.2 Å². The van der Waals surface area contributed by atoms with E-state index >= 15 is 0 Å². The summed E-state index contributed by atoms with van der Waals surface area (Å²) in [6, 6.07) is 0. The molecule has 10 heteroatoms. The van der Waals surface area contributed by atoms with Gasteiger partial charge in [0.1, 0.15) is 30.2 Å². The molecule has 5 N–H and O–H groups in total. The Balaban J connectivity index is 1.97. The van der Waals surface area contributed by atoms with Crippen molar-refractivity contribution >= 4 is 17.0 Å². The highest BCUT2D eigenvalue weighted by Gasteiger charge is 2.45. The van der Waals surface area contributed by atoms with Gasteiger partial charge in [0.2, 0.25) is 0 Å². The van der Waals surface area contributed by atoms with Crippen LogP contribution in [-0.2, 0) is 9.47 Å². The van der Waals surface area contributed by atoms with Crippen molar-refractivity contribution in [3.63, 3.8) is 0 Å². The lowest BCUT2D eigenvalue weighted by Gasteiger charge is -2.21. The number of ether oxygens (including phenoxy) is 2. The highest BCUT2D eigenvalue weighted by atomic mass is 16.6. The molecular formula is C12H17N5O5. The van der Waals surface area contributed by atoms with Crippen LogP contribution in [0.2, 0.25) is 0 Å². The first-order chi connectivity index (χ1) is 10.7. The first-order valence-corrected chi connectivity index (χ1v) is 6.77. The van der Waals surface area contributed by atoms with Gasteiger partial charge in [-0.25, -0.2) is 15.0 Å². The maximum absolute atomic E-state index is 10.2. The summed E-state index contributed by atoms with van der Waals surface area (Å²) < 4.78 is 12.7. The van der Waals surface area contributed by atoms with Crippen LogP contribution in [0, 0.1) is 0 Å². The number of imidazole rings is 1. The molecule has 10 nitrogen and oxygen atoms in total. The van der Waals surface area contributed by atoms with Gasteiger partial charge < -0.3 is 30.5 Å². The smallest absolute Gasteiger partial charge is 0.167 e. The molecule has 0 amide bonds. The van der Waals surface area contributed by atoms with Crippen LogP contribution in [-0.4, -0.2) is 73.0 Å². The average molecular weight is 311 g/mol. The van der Waals surface area contributed by atoms with Gasteiger partial charge in [0.25, 0.3) is 0 Å². The van der Waals surface area contributed by atoms with Gasteiger partial charge >= 0.3 is 0 Å². The molecule has 22 heavy (non-hydrogen) atoms. The number of fused-ring (bicyclic) bond motifs is 1. The Morgan fingerprint density at radius 2 is 2.14 bits per heavy atom. The fourth-order valence-electron chi connectivity index (χ4n) is 2.52. The number of aromatic nitrogens is 4. The standard InChI is InChI=1S/C12H17N5O5/c13-10-7-11(15-4-14-10)17(5-16-7)12-9(21-2-1-18)8(20)6(3-19)22-12/h4-6,8-9,12,18-20H,1-3H2,(H2,13,14,15)/t6-,8?,9+,12-/m1/s1. The van der Waals surface area contributed by atoms with E-state index in [-0.39, 0.29) is 25.6 Å². The Hall–Kier alpha value is -1.85. The van der Waals surface area contributed by atoms with Gasteiger partial charge in [-0.3, -0.25) is 4.57 Å². The van der Waals surface area contributed by atoms with E-state index in [9.17, 15) is 10.2 Å². The van der Waals surface area contributed by atoms with Crippen molar-refractivity contribution in [3.05, 3.63) is 12.7 Å². The van der Waals surface area contributed by atoms with Gasteiger partial charge in [0.05, 0.1) is 26.1 Å². The fourth-order valence-corrected chi connectivity index (χ4v) is 2.52. The quantitative estimate of drug-likeness (QED) is 0.493. The maximum Gasteiger partial charge on any atom is 0.167 e. The Labute approximate surface area is 125 Å². The summed E-state index contributed by atoms with van der Waals surface area (Å²) in [5.41, 5.74) is 6.58. The van der Waals surface area contributed by atoms with E-state index in [1.807, 2.05) is 0 Å². The minimum Gasteiger partial charge on any atom is -0.394 e. The van der Waals surface area contributed by atoms with Gasteiger partial charge in [-0.05, 0) is 0 Å². The number of hydrogen-bond donors (Lipinski definition) is 4. The van der Waals surface area contributed by atoms with Crippen molar-refractivity contribution in [3.8, 4) is 0 Å². The normalized spacial score (nSPS) is 28.5. The molecule has 0 bridgehead atoms. The monoisotopic (exact) mass is 311 g/mol. The van der Waals surface area contributed by atoms with E-state index in [1.54, 1.807) is 4.57 Å². The lowest BCUT2D eigenvalue weighted by Crippen LogP contribution is -2.36. The molecule has 1 aliphatic rings. The molecule has 1 fully saturated rings. The summed E-state index contributed by atoms with van der Waals surface area (Å²) in [4.78, 5) is 12.1. The number of nitrogens with zero attached hydrogens (tertiary/aromatic N) is 4. The largest absolute Gasteiger partial charge is 0.394 e. The first-order valence-electron chi connectivity index (χ1n) is 6.77. The van der Waals surface area contributed by atoms with E-state index in [1.165, 1.54) is 12.7 Å². The van der Waals surface area contributed by atoms with E-state index in [4.69, 9.17) is 20.3 Å². The number of rotatable bonds is 5. The Kier molecular flexibility index (Phi) is 4.18. The zero-order chi connectivity index (χ0) is 15.7. The van der Waals surface area contributed by atoms with Crippen molar-refractivity contribution in [1.82, 2.24) is 19.5 Å². The average Bonchev–Trinajstić information content (AvgIpc) is 3.07. The molecule has 3 heterocycles. The fraction of sp³-hybridized carbons (Fsp3) is 0.583. The number of nitrogens with two attached hydrogens (primary N) is 1. The number of nitrogen functional groups attached to an aromatic ring is 1. The van der Waals surface area contributed by atoms with Gasteiger partial charge in [0.15, 0.2) is 17.7 Å². The van der Waals surface area contributed by atoms with Crippen LogP contribution in [0.25, 0.3) is 11.2 Å². The van der Waals surface area contributed by atoms with Gasteiger partial charge in [-0.15, -0.1) is 0 Å². The van der Waals surface area contributed by atoms with Crippen LogP contribution < -0.4 is 5.73 Å². The second kappa shape index (κ2) is 6.10. The summed E-state index contributed by atoms with van der Waals surface area (Å²) in [7, 11) is 0. The molecule has 0 radical (unpaired) electrons. The van der Waals surface area contributed by atoms with Crippen molar-refractivity contribution in [2.75, 3.05) is 25.6 Å². The van der Waals surface area contributed by atoms with E-state index < -0.39 is 24.5 Å². The molecule has 2 aromatic rings. The SMILES string of the molecule is Nc1ncnc2c1ncn2[C@@H]1O[C@H](CO)C(O)[C@@H]1OCCO. The minimum atomic E-state index is -1.04. The zero-order valence-electron chi connectivity index (χ0n) is 11.6. The molecule has 1 unspecified atom stereocenters. The molecular weight excluding hydrogens is 294 g/mol. The Morgan fingerprint density at radius 1 is 1.32 bits per heavy atom. The Morgan fingerprint density at radius 3 is 2.86 bits per heavy atom. The number of aliphatic hydroxyl groups excluding tert-OH is 3. The molecule has 120 valence electrons. The third-order valence-electron chi connectivity index (χ3n) is 3.56. The van der Waals surface area contributed by atoms with Gasteiger partial charge in [0, 0.05) is 0 Å². The van der Waals surface area contributed by atoms with Crippen molar-refractivity contribution in [2.45, 2.75) is 24.5 Å². The first kappa shape index (κ1) is 15.1. The topological polar surface area (TPSA) is 149 Å². The van der Waals surface area contributed by atoms with Crippen LogP contribution in [0.4, 0.5) is 5.82 Å².